The number of carbonyl (C=O) groups excluding carboxylic acids is 1. The van der Waals surface area contributed by atoms with Gasteiger partial charge in [-0.05, 0) is 36.6 Å². The molecule has 0 N–H and O–H groups in total. The van der Waals surface area contributed by atoms with Crippen LogP contribution in [-0.4, -0.2) is 40.1 Å². The Morgan fingerprint density at radius 1 is 1.14 bits per heavy atom. The maximum Gasteiger partial charge on any atom is 0.237 e. The van der Waals surface area contributed by atoms with Crippen LogP contribution in [0.25, 0.3) is 11.4 Å². The fraction of sp³-hybridized carbons (Fsp3) is 0.286. The topological polar surface area (TPSA) is 60.3 Å². The molecular formula is C21H22N4O2S. The molecule has 0 radical (unpaired) electrons. The van der Waals surface area contributed by atoms with Gasteiger partial charge in [0.05, 0.1) is 18.4 Å². The number of hydrogen-bond donors (Lipinski definition) is 0. The van der Waals surface area contributed by atoms with E-state index < -0.39 is 0 Å². The quantitative estimate of drug-likeness (QED) is 0.619. The van der Waals surface area contributed by atoms with Crippen molar-refractivity contribution in [1.29, 1.82) is 0 Å². The molecule has 3 aromatic rings. The Morgan fingerprint density at radius 3 is 2.79 bits per heavy atom. The van der Waals surface area contributed by atoms with Crippen LogP contribution in [-0.2, 0) is 18.3 Å². The highest BCUT2D eigenvalue weighted by Gasteiger charge is 2.23. The Labute approximate surface area is 168 Å². The lowest BCUT2D eigenvalue weighted by molar-refractivity contribution is -0.116. The van der Waals surface area contributed by atoms with Crippen molar-refractivity contribution in [2.24, 2.45) is 7.05 Å². The summed E-state index contributed by atoms with van der Waals surface area (Å²) in [6.07, 6.45) is 2.02. The van der Waals surface area contributed by atoms with Gasteiger partial charge in [-0.3, -0.25) is 4.79 Å². The average Bonchev–Trinajstić information content (AvgIpc) is 3.11. The number of carbonyl (C=O) groups is 1. The molecule has 2 aromatic carbocycles. The third-order valence-electron chi connectivity index (χ3n) is 4.92. The van der Waals surface area contributed by atoms with Crippen molar-refractivity contribution in [3.05, 3.63) is 54.1 Å². The molecule has 0 spiro atoms. The van der Waals surface area contributed by atoms with Crippen molar-refractivity contribution in [3.8, 4) is 17.1 Å². The number of ether oxygens (including phenoxy) is 1. The first-order valence-corrected chi connectivity index (χ1v) is 10.2. The number of nitrogens with zero attached hydrogens (tertiary/aromatic N) is 4. The minimum Gasteiger partial charge on any atom is -0.496 e. The molecule has 0 saturated heterocycles. The number of anilines is 1. The lowest BCUT2D eigenvalue weighted by Gasteiger charge is -2.29. The molecule has 6 nitrogen and oxygen atoms in total. The van der Waals surface area contributed by atoms with Gasteiger partial charge in [0.2, 0.25) is 5.91 Å². The number of benzene rings is 2. The molecule has 1 amide bonds. The Kier molecular flexibility index (Phi) is 5.34. The number of aryl methyl sites for hydroxylation is 1. The predicted molar refractivity (Wildman–Crippen MR) is 111 cm³/mol. The summed E-state index contributed by atoms with van der Waals surface area (Å²) in [5.74, 6) is 1.89. The van der Waals surface area contributed by atoms with Gasteiger partial charge in [-0.15, -0.1) is 10.2 Å². The summed E-state index contributed by atoms with van der Waals surface area (Å²) in [6.45, 7) is 0.766. The molecule has 0 fully saturated rings. The Balaban J connectivity index is 1.49. The number of methoxy groups -OCH3 is 1. The second kappa shape index (κ2) is 8.06. The maximum atomic E-state index is 12.9. The number of rotatable bonds is 5. The number of amides is 1. The van der Waals surface area contributed by atoms with Crippen molar-refractivity contribution >= 4 is 23.4 Å². The fourth-order valence-corrected chi connectivity index (χ4v) is 4.29. The van der Waals surface area contributed by atoms with Gasteiger partial charge >= 0.3 is 0 Å². The Morgan fingerprint density at radius 2 is 1.93 bits per heavy atom. The van der Waals surface area contributed by atoms with E-state index in [0.717, 1.165) is 42.2 Å². The number of fused-ring (bicyclic) bond motifs is 1. The smallest absolute Gasteiger partial charge is 0.237 e. The highest BCUT2D eigenvalue weighted by atomic mass is 32.2. The molecule has 1 aliphatic heterocycles. The van der Waals surface area contributed by atoms with Gasteiger partial charge < -0.3 is 14.2 Å². The van der Waals surface area contributed by atoms with Crippen LogP contribution in [0.3, 0.4) is 0 Å². The van der Waals surface area contributed by atoms with Crippen LogP contribution in [0.2, 0.25) is 0 Å². The second-order valence-electron chi connectivity index (χ2n) is 6.63. The first-order chi connectivity index (χ1) is 13.7. The summed E-state index contributed by atoms with van der Waals surface area (Å²) >= 11 is 1.41. The van der Waals surface area contributed by atoms with Crippen LogP contribution in [0, 0.1) is 0 Å². The second-order valence-corrected chi connectivity index (χ2v) is 7.57. The number of thioether (sulfide) groups is 1. The molecule has 4 rings (SSSR count). The molecule has 1 aromatic heterocycles. The van der Waals surface area contributed by atoms with Crippen molar-refractivity contribution < 1.29 is 9.53 Å². The van der Waals surface area contributed by atoms with Gasteiger partial charge in [0, 0.05) is 19.3 Å². The Hall–Kier alpha value is -2.80. The van der Waals surface area contributed by atoms with Crippen LogP contribution >= 0.6 is 11.8 Å². The van der Waals surface area contributed by atoms with Gasteiger partial charge in [-0.2, -0.15) is 0 Å². The highest BCUT2D eigenvalue weighted by molar-refractivity contribution is 7.99. The van der Waals surface area contributed by atoms with E-state index in [1.54, 1.807) is 7.11 Å². The largest absolute Gasteiger partial charge is 0.496 e. The van der Waals surface area contributed by atoms with E-state index in [4.69, 9.17) is 4.74 Å². The summed E-state index contributed by atoms with van der Waals surface area (Å²) in [5, 5.41) is 9.29. The van der Waals surface area contributed by atoms with Gasteiger partial charge in [0.1, 0.15) is 5.75 Å². The van der Waals surface area contributed by atoms with E-state index in [1.165, 1.54) is 17.3 Å². The monoisotopic (exact) mass is 394 g/mol. The molecule has 0 saturated carbocycles. The van der Waals surface area contributed by atoms with E-state index in [2.05, 4.69) is 16.3 Å². The van der Waals surface area contributed by atoms with E-state index in [9.17, 15) is 4.79 Å². The minimum atomic E-state index is 0.0963. The third-order valence-corrected chi connectivity index (χ3v) is 5.92. The summed E-state index contributed by atoms with van der Waals surface area (Å²) in [4.78, 5) is 14.7. The van der Waals surface area contributed by atoms with Gasteiger partial charge in [0.25, 0.3) is 0 Å². The molecule has 7 heteroatoms. The molecule has 2 heterocycles. The summed E-state index contributed by atoms with van der Waals surface area (Å²) in [7, 11) is 3.55. The molecule has 0 unspecified atom stereocenters. The van der Waals surface area contributed by atoms with Gasteiger partial charge in [-0.1, -0.05) is 42.1 Å². The fourth-order valence-electron chi connectivity index (χ4n) is 3.50. The van der Waals surface area contributed by atoms with Crippen LogP contribution in [0.4, 0.5) is 5.69 Å². The van der Waals surface area contributed by atoms with Crippen molar-refractivity contribution in [1.82, 2.24) is 14.8 Å². The zero-order valence-corrected chi connectivity index (χ0v) is 16.8. The van der Waals surface area contributed by atoms with E-state index in [1.807, 2.05) is 59.0 Å². The first-order valence-electron chi connectivity index (χ1n) is 9.23. The summed E-state index contributed by atoms with van der Waals surface area (Å²) in [6, 6.07) is 15.9. The van der Waals surface area contributed by atoms with Crippen molar-refractivity contribution in [2.45, 2.75) is 18.0 Å². The molecule has 144 valence electrons. The molecule has 0 aliphatic carbocycles. The van der Waals surface area contributed by atoms with Crippen LogP contribution in [0.1, 0.15) is 12.0 Å². The SMILES string of the molecule is COc1ccccc1-c1nnc(SCC(=O)N2CCCc3ccccc32)n1C. The van der Waals surface area contributed by atoms with Gasteiger partial charge in [0.15, 0.2) is 11.0 Å². The van der Waals surface area contributed by atoms with Crippen molar-refractivity contribution in [3.63, 3.8) is 0 Å². The van der Waals surface area contributed by atoms with E-state index >= 15 is 0 Å². The molecule has 28 heavy (non-hydrogen) atoms. The lowest BCUT2D eigenvalue weighted by Crippen LogP contribution is -2.36. The number of para-hydroxylation sites is 2. The van der Waals surface area contributed by atoms with Crippen LogP contribution in [0.15, 0.2) is 53.7 Å². The Bertz CT molecular complexity index is 1000. The molecular weight excluding hydrogens is 372 g/mol. The summed E-state index contributed by atoms with van der Waals surface area (Å²) < 4.78 is 7.33. The standard InChI is InChI=1S/C21H22N4O2S/c1-24-20(16-10-4-6-12-18(16)27-2)22-23-21(24)28-14-19(26)25-13-7-9-15-8-3-5-11-17(15)25/h3-6,8,10-12H,7,9,13-14H2,1-2H3. The lowest BCUT2D eigenvalue weighted by atomic mass is 10.0. The minimum absolute atomic E-state index is 0.0963. The van der Waals surface area contributed by atoms with E-state index in [0.29, 0.717) is 10.9 Å². The van der Waals surface area contributed by atoms with Crippen LogP contribution in [0.5, 0.6) is 5.75 Å². The maximum absolute atomic E-state index is 12.9. The number of aromatic nitrogens is 3. The molecule has 0 bridgehead atoms. The molecule has 1 aliphatic rings. The highest BCUT2D eigenvalue weighted by Crippen LogP contribution is 2.31. The van der Waals surface area contributed by atoms with E-state index in [-0.39, 0.29) is 5.91 Å². The van der Waals surface area contributed by atoms with Crippen LogP contribution < -0.4 is 9.64 Å². The third kappa shape index (κ3) is 3.49. The molecule has 0 atom stereocenters. The predicted octanol–water partition coefficient (Wildman–Crippen LogP) is 3.56. The summed E-state index contributed by atoms with van der Waals surface area (Å²) in [5.41, 5.74) is 3.15. The zero-order chi connectivity index (χ0) is 19.5. The first kappa shape index (κ1) is 18.6. The van der Waals surface area contributed by atoms with Gasteiger partial charge in [-0.25, -0.2) is 0 Å². The normalized spacial score (nSPS) is 13.3. The van der Waals surface area contributed by atoms with Crippen molar-refractivity contribution in [2.75, 3.05) is 24.3 Å². The average molecular weight is 395 g/mol. The number of hydrogen-bond acceptors (Lipinski definition) is 5. The zero-order valence-electron chi connectivity index (χ0n) is 16.0.